The molecule has 1 aliphatic heterocycles. The smallest absolute Gasteiger partial charge is 0.333 e. The van der Waals surface area contributed by atoms with Gasteiger partial charge in [0.1, 0.15) is 6.54 Å². The molecule has 6 heteroatoms. The Balaban J connectivity index is 1.82. The molecule has 1 fully saturated rings. The average Bonchev–Trinajstić information content (AvgIpc) is 2.91. The third kappa shape index (κ3) is 6.02. The molecule has 1 saturated heterocycles. The molecule has 0 bridgehead atoms. The van der Waals surface area contributed by atoms with Crippen molar-refractivity contribution in [1.29, 1.82) is 0 Å². The van der Waals surface area contributed by atoms with Crippen LogP contribution in [0, 0.1) is 0 Å². The zero-order chi connectivity index (χ0) is 17.2. The third-order valence-electron chi connectivity index (χ3n) is 3.90. The summed E-state index contributed by atoms with van der Waals surface area (Å²) in [6.45, 7) is 3.21. The Labute approximate surface area is 143 Å². The number of unbranched alkanes of at least 4 members (excludes halogenated alkanes) is 5. The van der Waals surface area contributed by atoms with Gasteiger partial charge in [0.05, 0.1) is 0 Å². The van der Waals surface area contributed by atoms with Gasteiger partial charge in [0.25, 0.3) is 0 Å². The number of nitrogens with zero attached hydrogens (tertiary/aromatic N) is 2. The molecule has 1 aromatic carbocycles. The molecule has 0 saturated carbocycles. The quantitative estimate of drug-likeness (QED) is 0.718. The van der Waals surface area contributed by atoms with Crippen LogP contribution in [-0.2, 0) is 4.79 Å². The topological polar surface area (TPSA) is 73.8 Å². The first-order chi connectivity index (χ1) is 11.7. The number of nitrogens with one attached hydrogen (secondary N) is 2. The van der Waals surface area contributed by atoms with E-state index < -0.39 is 6.03 Å². The van der Waals surface area contributed by atoms with E-state index in [1.807, 2.05) is 23.1 Å². The van der Waals surface area contributed by atoms with E-state index in [2.05, 4.69) is 22.5 Å². The minimum Gasteiger partial charge on any atom is -0.333 e. The lowest BCUT2D eigenvalue weighted by atomic mass is 10.1. The Morgan fingerprint density at radius 1 is 1.17 bits per heavy atom. The van der Waals surface area contributed by atoms with Crippen LogP contribution >= 0.6 is 0 Å². The summed E-state index contributed by atoms with van der Waals surface area (Å²) in [6, 6.07) is 8.65. The molecule has 6 nitrogen and oxygen atoms in total. The Morgan fingerprint density at radius 2 is 1.88 bits per heavy atom. The number of rotatable bonds is 8. The van der Waals surface area contributed by atoms with Gasteiger partial charge in [-0.05, 0) is 18.6 Å². The van der Waals surface area contributed by atoms with Gasteiger partial charge >= 0.3 is 6.03 Å². The van der Waals surface area contributed by atoms with Crippen molar-refractivity contribution in [2.45, 2.75) is 45.4 Å². The van der Waals surface area contributed by atoms with Crippen LogP contribution in [0.25, 0.3) is 0 Å². The summed E-state index contributed by atoms with van der Waals surface area (Å²) in [5.74, 6) is 0.231. The van der Waals surface area contributed by atoms with Gasteiger partial charge < -0.3 is 10.2 Å². The predicted molar refractivity (Wildman–Crippen MR) is 96.0 cm³/mol. The molecule has 0 spiro atoms. The van der Waals surface area contributed by atoms with Crippen LogP contribution in [0.5, 0.6) is 0 Å². The van der Waals surface area contributed by atoms with Gasteiger partial charge in [0, 0.05) is 12.2 Å². The highest BCUT2D eigenvalue weighted by molar-refractivity contribution is 6.09. The molecule has 2 N–H and O–H groups in total. The van der Waals surface area contributed by atoms with Gasteiger partial charge in [-0.3, -0.25) is 10.1 Å². The van der Waals surface area contributed by atoms with E-state index >= 15 is 0 Å². The maximum absolute atomic E-state index is 12.0. The van der Waals surface area contributed by atoms with Crippen LogP contribution in [0.4, 0.5) is 10.5 Å². The van der Waals surface area contributed by atoms with Crippen LogP contribution in [-0.4, -0.2) is 35.9 Å². The maximum atomic E-state index is 12.0. The largest absolute Gasteiger partial charge is 0.348 e. The monoisotopic (exact) mass is 330 g/mol. The number of hydrogen-bond donors (Lipinski definition) is 2. The lowest BCUT2D eigenvalue weighted by molar-refractivity contribution is -0.118. The summed E-state index contributed by atoms with van der Waals surface area (Å²) in [7, 11) is 0. The number of guanidine groups is 1. The second-order valence-electron chi connectivity index (χ2n) is 5.97. The SMILES string of the molecule is CCCCCCCCN1CC(=O)NC1=NC(=O)Nc1ccccc1. The summed E-state index contributed by atoms with van der Waals surface area (Å²) < 4.78 is 0. The fourth-order valence-electron chi connectivity index (χ4n) is 2.63. The number of benzene rings is 1. The van der Waals surface area contributed by atoms with Crippen LogP contribution in [0.3, 0.4) is 0 Å². The number of para-hydroxylation sites is 1. The first-order valence-corrected chi connectivity index (χ1v) is 8.68. The van der Waals surface area contributed by atoms with Crippen molar-refractivity contribution in [2.75, 3.05) is 18.4 Å². The molecule has 0 atom stereocenters. The summed E-state index contributed by atoms with van der Waals surface area (Å²) >= 11 is 0. The van der Waals surface area contributed by atoms with Crippen molar-refractivity contribution in [3.63, 3.8) is 0 Å². The second kappa shape index (κ2) is 9.70. The minimum absolute atomic E-state index is 0.118. The van der Waals surface area contributed by atoms with Gasteiger partial charge in [0.2, 0.25) is 11.9 Å². The fraction of sp³-hybridized carbons (Fsp3) is 0.500. The van der Waals surface area contributed by atoms with E-state index in [4.69, 9.17) is 0 Å². The van der Waals surface area contributed by atoms with Crippen LogP contribution < -0.4 is 10.6 Å². The van der Waals surface area contributed by atoms with Crippen molar-refractivity contribution < 1.29 is 9.59 Å². The Bertz CT molecular complexity index is 572. The van der Waals surface area contributed by atoms with E-state index in [0.29, 0.717) is 11.6 Å². The number of aliphatic imine (C=N–C) groups is 1. The van der Waals surface area contributed by atoms with Crippen molar-refractivity contribution in [3.8, 4) is 0 Å². The fourth-order valence-corrected chi connectivity index (χ4v) is 2.63. The van der Waals surface area contributed by atoms with Gasteiger partial charge in [-0.15, -0.1) is 0 Å². The Kier molecular flexibility index (Phi) is 7.26. The highest BCUT2D eigenvalue weighted by atomic mass is 16.2. The normalized spacial score (nSPS) is 15.6. The molecule has 0 radical (unpaired) electrons. The van der Waals surface area contributed by atoms with Crippen LogP contribution in [0.2, 0.25) is 0 Å². The molecular weight excluding hydrogens is 304 g/mol. The van der Waals surface area contributed by atoms with Crippen molar-refractivity contribution in [2.24, 2.45) is 4.99 Å². The van der Waals surface area contributed by atoms with E-state index in [1.54, 1.807) is 12.1 Å². The first kappa shape index (κ1) is 18.0. The summed E-state index contributed by atoms with van der Waals surface area (Å²) in [5, 5.41) is 5.35. The molecule has 2 rings (SSSR count). The van der Waals surface area contributed by atoms with Gasteiger partial charge in [-0.1, -0.05) is 57.2 Å². The molecular formula is C18H26N4O2. The number of urea groups is 1. The van der Waals surface area contributed by atoms with Gasteiger partial charge in [-0.2, -0.15) is 4.99 Å². The molecule has 24 heavy (non-hydrogen) atoms. The highest BCUT2D eigenvalue weighted by Crippen LogP contribution is 2.09. The highest BCUT2D eigenvalue weighted by Gasteiger charge is 2.25. The third-order valence-corrected chi connectivity index (χ3v) is 3.90. The summed E-state index contributed by atoms with van der Waals surface area (Å²) in [4.78, 5) is 29.4. The molecule has 3 amide bonds. The second-order valence-corrected chi connectivity index (χ2v) is 5.97. The molecule has 0 aliphatic carbocycles. The average molecular weight is 330 g/mol. The molecule has 1 aliphatic rings. The molecule has 1 heterocycles. The van der Waals surface area contributed by atoms with Gasteiger partial charge in [-0.25, -0.2) is 4.79 Å². The lowest BCUT2D eigenvalue weighted by Gasteiger charge is -2.16. The van der Waals surface area contributed by atoms with Crippen LogP contribution in [0.15, 0.2) is 35.3 Å². The predicted octanol–water partition coefficient (Wildman–Crippen LogP) is 3.37. The number of carbonyl (C=O) groups is 2. The number of anilines is 1. The Morgan fingerprint density at radius 3 is 2.62 bits per heavy atom. The lowest BCUT2D eigenvalue weighted by Crippen LogP contribution is -2.32. The van der Waals surface area contributed by atoms with E-state index in [9.17, 15) is 9.59 Å². The van der Waals surface area contributed by atoms with E-state index in [0.717, 1.165) is 19.4 Å². The van der Waals surface area contributed by atoms with Crippen molar-refractivity contribution in [1.82, 2.24) is 10.2 Å². The number of carbonyl (C=O) groups excluding carboxylic acids is 2. The standard InChI is InChI=1S/C18H26N4O2/c1-2-3-4-5-6-10-13-22-14-16(23)20-17(22)21-18(24)19-15-11-8-7-9-12-15/h7-9,11-12H,2-6,10,13-14H2,1H3,(H2,19,20,21,23,24). The molecule has 130 valence electrons. The van der Waals surface area contributed by atoms with E-state index in [1.165, 1.54) is 25.7 Å². The first-order valence-electron chi connectivity index (χ1n) is 8.68. The Hall–Kier alpha value is -2.37. The number of hydrogen-bond acceptors (Lipinski definition) is 2. The zero-order valence-electron chi connectivity index (χ0n) is 14.3. The van der Waals surface area contributed by atoms with Crippen molar-refractivity contribution >= 4 is 23.6 Å². The summed E-state index contributed by atoms with van der Waals surface area (Å²) in [6.07, 6.45) is 7.11. The van der Waals surface area contributed by atoms with Crippen molar-refractivity contribution in [3.05, 3.63) is 30.3 Å². The number of amides is 3. The minimum atomic E-state index is -0.480. The van der Waals surface area contributed by atoms with E-state index in [-0.39, 0.29) is 12.5 Å². The summed E-state index contributed by atoms with van der Waals surface area (Å²) in [5.41, 5.74) is 0.679. The zero-order valence-corrected chi connectivity index (χ0v) is 14.3. The molecule has 0 unspecified atom stereocenters. The molecule has 1 aromatic rings. The molecule has 0 aromatic heterocycles. The van der Waals surface area contributed by atoms with Gasteiger partial charge in [0.15, 0.2) is 0 Å². The van der Waals surface area contributed by atoms with Crippen LogP contribution in [0.1, 0.15) is 45.4 Å². The maximum Gasteiger partial charge on any atom is 0.348 e.